The van der Waals surface area contributed by atoms with Crippen molar-refractivity contribution < 1.29 is 14.3 Å². The van der Waals surface area contributed by atoms with Gasteiger partial charge < -0.3 is 20.1 Å². The molecule has 0 aliphatic heterocycles. The van der Waals surface area contributed by atoms with E-state index >= 15 is 0 Å². The number of rotatable bonds is 7. The van der Waals surface area contributed by atoms with Crippen molar-refractivity contribution in [3.05, 3.63) is 41.2 Å². The highest BCUT2D eigenvalue weighted by Gasteiger charge is 2.12. The molecular weight excluding hydrogens is 330 g/mol. The molecule has 24 heavy (non-hydrogen) atoms. The van der Waals surface area contributed by atoms with Crippen LogP contribution in [0.4, 0.5) is 11.4 Å². The molecule has 1 amide bonds. The van der Waals surface area contributed by atoms with E-state index in [-0.39, 0.29) is 5.91 Å². The van der Waals surface area contributed by atoms with Crippen LogP contribution >= 0.6 is 11.6 Å². The first-order valence-corrected chi connectivity index (χ1v) is 7.88. The summed E-state index contributed by atoms with van der Waals surface area (Å²) >= 11 is 6.10. The number of ether oxygens (including phenoxy) is 2. The first-order valence-electron chi connectivity index (χ1n) is 7.50. The summed E-state index contributed by atoms with van der Waals surface area (Å²) in [5.41, 5.74) is 1.79. The molecule has 1 aromatic heterocycles. The Morgan fingerprint density at radius 1 is 1.17 bits per heavy atom. The highest BCUT2D eigenvalue weighted by molar-refractivity contribution is 6.32. The molecule has 0 atom stereocenters. The molecule has 7 heteroatoms. The van der Waals surface area contributed by atoms with Crippen LogP contribution in [0.3, 0.4) is 0 Å². The van der Waals surface area contributed by atoms with Crippen LogP contribution in [0.15, 0.2) is 30.6 Å². The van der Waals surface area contributed by atoms with Crippen molar-refractivity contribution in [3.63, 3.8) is 0 Å². The van der Waals surface area contributed by atoms with Gasteiger partial charge in [-0.2, -0.15) is 0 Å². The molecule has 0 unspecified atom stereocenters. The lowest BCUT2D eigenvalue weighted by Crippen LogP contribution is -2.24. The highest BCUT2D eigenvalue weighted by Crippen LogP contribution is 2.37. The second-order valence-corrected chi connectivity index (χ2v) is 5.44. The Morgan fingerprint density at radius 3 is 2.58 bits per heavy atom. The van der Waals surface area contributed by atoms with Crippen LogP contribution in [0.5, 0.6) is 11.5 Å². The average Bonchev–Trinajstić information content (AvgIpc) is 2.60. The second-order valence-electron chi connectivity index (χ2n) is 5.03. The topological polar surface area (TPSA) is 72.5 Å². The molecule has 0 fully saturated rings. The molecule has 2 aromatic rings. The van der Waals surface area contributed by atoms with Gasteiger partial charge in [0.05, 0.1) is 42.4 Å². The number of methoxy groups -OCH3 is 2. The molecule has 0 spiro atoms. The standard InChI is InChI=1S/C17H20ClN3O3/c1-4-5-20-17(22)11-6-12(10-19-9-11)21-14-8-15(23-2)13(18)7-16(14)24-3/h6-10,21H,4-5H2,1-3H3,(H,20,22). The maximum Gasteiger partial charge on any atom is 0.252 e. The summed E-state index contributed by atoms with van der Waals surface area (Å²) in [6.45, 7) is 2.62. The molecule has 0 aliphatic rings. The second kappa shape index (κ2) is 8.40. The minimum atomic E-state index is -0.159. The van der Waals surface area contributed by atoms with Crippen LogP contribution in [0.2, 0.25) is 5.02 Å². The minimum absolute atomic E-state index is 0.159. The first-order chi connectivity index (χ1) is 11.6. The molecule has 2 N–H and O–H groups in total. The Morgan fingerprint density at radius 2 is 1.92 bits per heavy atom. The summed E-state index contributed by atoms with van der Waals surface area (Å²) in [5.74, 6) is 0.917. The van der Waals surface area contributed by atoms with E-state index in [1.54, 1.807) is 31.5 Å². The number of nitrogens with one attached hydrogen (secondary N) is 2. The van der Waals surface area contributed by atoms with Crippen molar-refractivity contribution in [3.8, 4) is 11.5 Å². The van der Waals surface area contributed by atoms with Crippen LogP contribution in [0.1, 0.15) is 23.7 Å². The predicted molar refractivity (Wildman–Crippen MR) is 94.7 cm³/mol. The van der Waals surface area contributed by atoms with Crippen molar-refractivity contribution in [2.24, 2.45) is 0 Å². The van der Waals surface area contributed by atoms with Gasteiger partial charge in [0.15, 0.2) is 0 Å². The number of hydrogen-bond donors (Lipinski definition) is 2. The quantitative estimate of drug-likeness (QED) is 0.798. The number of carbonyl (C=O) groups is 1. The summed E-state index contributed by atoms with van der Waals surface area (Å²) < 4.78 is 10.5. The Balaban J connectivity index is 2.26. The van der Waals surface area contributed by atoms with Gasteiger partial charge in [-0.25, -0.2) is 0 Å². The van der Waals surface area contributed by atoms with Crippen molar-refractivity contribution in [1.29, 1.82) is 0 Å². The summed E-state index contributed by atoms with van der Waals surface area (Å²) in [7, 11) is 3.09. The zero-order chi connectivity index (χ0) is 17.5. The van der Waals surface area contributed by atoms with Gasteiger partial charge in [-0.15, -0.1) is 0 Å². The van der Waals surface area contributed by atoms with E-state index < -0.39 is 0 Å². The fourth-order valence-corrected chi connectivity index (χ4v) is 2.32. The largest absolute Gasteiger partial charge is 0.495 e. The number of carbonyl (C=O) groups excluding carboxylic acids is 1. The molecule has 0 saturated carbocycles. The lowest BCUT2D eigenvalue weighted by molar-refractivity contribution is 0.0953. The number of halogens is 1. The maximum absolute atomic E-state index is 12.0. The van der Waals surface area contributed by atoms with Crippen molar-refractivity contribution >= 4 is 28.9 Å². The fourth-order valence-electron chi connectivity index (χ4n) is 2.09. The molecule has 6 nitrogen and oxygen atoms in total. The summed E-state index contributed by atoms with van der Waals surface area (Å²) in [6.07, 6.45) is 4.02. The van der Waals surface area contributed by atoms with E-state index in [0.717, 1.165) is 6.42 Å². The van der Waals surface area contributed by atoms with E-state index in [4.69, 9.17) is 21.1 Å². The van der Waals surface area contributed by atoms with Gasteiger partial charge in [0, 0.05) is 24.9 Å². The SMILES string of the molecule is CCCNC(=O)c1cncc(Nc2cc(OC)c(Cl)cc2OC)c1. The van der Waals surface area contributed by atoms with Gasteiger partial charge >= 0.3 is 0 Å². The Bertz CT molecular complexity index is 722. The van der Waals surface area contributed by atoms with E-state index in [1.165, 1.54) is 13.3 Å². The van der Waals surface area contributed by atoms with Crippen molar-refractivity contribution in [2.45, 2.75) is 13.3 Å². The molecule has 0 aliphatic carbocycles. The van der Waals surface area contributed by atoms with Gasteiger partial charge in [0.2, 0.25) is 0 Å². The fraction of sp³-hybridized carbons (Fsp3) is 0.294. The lowest BCUT2D eigenvalue weighted by atomic mass is 10.2. The number of aromatic nitrogens is 1. The van der Waals surface area contributed by atoms with Gasteiger partial charge in [-0.1, -0.05) is 18.5 Å². The first kappa shape index (κ1) is 17.9. The van der Waals surface area contributed by atoms with Crippen LogP contribution in [0, 0.1) is 0 Å². The maximum atomic E-state index is 12.0. The number of nitrogens with zero attached hydrogens (tertiary/aromatic N) is 1. The van der Waals surface area contributed by atoms with E-state index in [1.807, 2.05) is 6.92 Å². The van der Waals surface area contributed by atoms with Crippen LogP contribution in [0.25, 0.3) is 0 Å². The predicted octanol–water partition coefficient (Wildman–Crippen LogP) is 3.64. The third-order valence-electron chi connectivity index (χ3n) is 3.29. The van der Waals surface area contributed by atoms with E-state index in [0.29, 0.717) is 40.0 Å². The summed E-state index contributed by atoms with van der Waals surface area (Å²) in [6, 6.07) is 5.11. The zero-order valence-corrected chi connectivity index (χ0v) is 14.6. The average molecular weight is 350 g/mol. The van der Waals surface area contributed by atoms with Crippen LogP contribution in [-0.4, -0.2) is 31.7 Å². The molecule has 1 aromatic carbocycles. The number of hydrogen-bond acceptors (Lipinski definition) is 5. The summed E-state index contributed by atoms with van der Waals surface area (Å²) in [5, 5.41) is 6.44. The molecule has 0 saturated heterocycles. The number of pyridine rings is 1. The Kier molecular flexibility index (Phi) is 6.26. The number of benzene rings is 1. The molecule has 0 bridgehead atoms. The Labute approximate surface area is 146 Å². The van der Waals surface area contributed by atoms with Crippen molar-refractivity contribution in [1.82, 2.24) is 10.3 Å². The van der Waals surface area contributed by atoms with Gasteiger partial charge in [0.1, 0.15) is 11.5 Å². The van der Waals surface area contributed by atoms with Crippen molar-refractivity contribution in [2.75, 3.05) is 26.1 Å². The third kappa shape index (κ3) is 4.29. The molecule has 2 rings (SSSR count). The van der Waals surface area contributed by atoms with E-state index in [9.17, 15) is 4.79 Å². The van der Waals surface area contributed by atoms with Gasteiger partial charge in [-0.05, 0) is 12.5 Å². The van der Waals surface area contributed by atoms with E-state index in [2.05, 4.69) is 15.6 Å². The van der Waals surface area contributed by atoms with Gasteiger partial charge in [0.25, 0.3) is 5.91 Å². The number of amides is 1. The molecular formula is C17H20ClN3O3. The van der Waals surface area contributed by atoms with Gasteiger partial charge in [-0.3, -0.25) is 9.78 Å². The molecule has 1 heterocycles. The number of anilines is 2. The van der Waals surface area contributed by atoms with Crippen LogP contribution in [-0.2, 0) is 0 Å². The van der Waals surface area contributed by atoms with Crippen LogP contribution < -0.4 is 20.1 Å². The lowest BCUT2D eigenvalue weighted by Gasteiger charge is -2.14. The highest BCUT2D eigenvalue weighted by atomic mass is 35.5. The Hall–Kier alpha value is -2.47. The smallest absolute Gasteiger partial charge is 0.252 e. The normalized spacial score (nSPS) is 10.2. The summed E-state index contributed by atoms with van der Waals surface area (Å²) in [4.78, 5) is 16.1. The monoisotopic (exact) mass is 349 g/mol. The molecule has 128 valence electrons. The third-order valence-corrected chi connectivity index (χ3v) is 3.58. The minimum Gasteiger partial charge on any atom is -0.495 e. The molecule has 0 radical (unpaired) electrons. The zero-order valence-electron chi connectivity index (χ0n) is 13.9.